The van der Waals surface area contributed by atoms with Crippen LogP contribution in [0, 0.1) is 0 Å². The van der Waals surface area contributed by atoms with Gasteiger partial charge in [0.2, 0.25) is 0 Å². The van der Waals surface area contributed by atoms with Crippen molar-refractivity contribution in [3.8, 4) is 22.5 Å². The van der Waals surface area contributed by atoms with Gasteiger partial charge in [-0.2, -0.15) is 4.52 Å². The molecule has 0 aliphatic carbocycles. The Hall–Kier alpha value is -2.83. The van der Waals surface area contributed by atoms with Crippen LogP contribution in [0.5, 0.6) is 0 Å². The lowest BCUT2D eigenvalue weighted by molar-refractivity contribution is 0.906. The van der Waals surface area contributed by atoms with Gasteiger partial charge in [0.1, 0.15) is 5.82 Å². The zero-order valence-electron chi connectivity index (χ0n) is 12.7. The first-order valence-electron chi connectivity index (χ1n) is 7.32. The van der Waals surface area contributed by atoms with E-state index in [0.29, 0.717) is 44.0 Å². The molecule has 0 fully saturated rings. The highest BCUT2D eigenvalue weighted by Crippen LogP contribution is 2.30. The lowest BCUT2D eigenvalue weighted by Crippen LogP contribution is -2.14. The minimum absolute atomic E-state index is 0.292. The topological polar surface area (TPSA) is 89.1 Å². The van der Waals surface area contributed by atoms with E-state index in [-0.39, 0.29) is 5.56 Å². The van der Waals surface area contributed by atoms with Crippen molar-refractivity contribution in [3.05, 3.63) is 69.1 Å². The van der Waals surface area contributed by atoms with E-state index < -0.39 is 0 Å². The minimum atomic E-state index is -0.292. The molecule has 4 rings (SSSR count). The fraction of sp³-hybridized carbons (Fsp3) is 0. The molecule has 0 saturated heterocycles. The number of nitrogens with two attached hydrogens (primary N) is 1. The van der Waals surface area contributed by atoms with Crippen molar-refractivity contribution >= 4 is 34.7 Å². The molecule has 0 saturated carbocycles. The molecule has 25 heavy (non-hydrogen) atoms. The largest absolute Gasteiger partial charge is 0.383 e. The van der Waals surface area contributed by atoms with E-state index in [4.69, 9.17) is 28.9 Å². The average molecular weight is 372 g/mol. The minimum Gasteiger partial charge on any atom is -0.383 e. The Bertz CT molecular complexity index is 1150. The second-order valence-electron chi connectivity index (χ2n) is 5.38. The summed E-state index contributed by atoms with van der Waals surface area (Å²) in [6.45, 7) is 0. The number of nitrogens with one attached hydrogen (secondary N) is 1. The molecule has 6 nitrogen and oxygen atoms in total. The van der Waals surface area contributed by atoms with Crippen LogP contribution in [0.1, 0.15) is 0 Å². The Morgan fingerprint density at radius 3 is 2.60 bits per heavy atom. The van der Waals surface area contributed by atoms with Crippen molar-refractivity contribution in [2.75, 3.05) is 5.73 Å². The maximum absolute atomic E-state index is 12.5. The zero-order valence-corrected chi connectivity index (χ0v) is 14.2. The number of aromatic nitrogens is 4. The SMILES string of the molecule is Nc1[nH]n2c(=O)cc(-c3ccc(Cl)c(Cl)c3)nc2c1-c1ccccn1. The highest BCUT2D eigenvalue weighted by atomic mass is 35.5. The molecule has 3 aromatic heterocycles. The van der Waals surface area contributed by atoms with Crippen molar-refractivity contribution in [3.63, 3.8) is 0 Å². The molecule has 0 atom stereocenters. The predicted octanol–water partition coefficient (Wildman–Crippen LogP) is 3.64. The third-order valence-electron chi connectivity index (χ3n) is 3.78. The first-order valence-corrected chi connectivity index (χ1v) is 8.08. The Kier molecular flexibility index (Phi) is 3.71. The van der Waals surface area contributed by atoms with E-state index in [0.717, 1.165) is 0 Å². The number of hydrogen-bond acceptors (Lipinski definition) is 4. The van der Waals surface area contributed by atoms with Crippen molar-refractivity contribution in [1.82, 2.24) is 19.6 Å². The lowest BCUT2D eigenvalue weighted by Gasteiger charge is -2.04. The van der Waals surface area contributed by atoms with Crippen molar-refractivity contribution in [2.24, 2.45) is 0 Å². The predicted molar refractivity (Wildman–Crippen MR) is 98.9 cm³/mol. The number of anilines is 1. The molecule has 0 aliphatic heterocycles. The fourth-order valence-corrected chi connectivity index (χ4v) is 2.92. The molecule has 0 spiro atoms. The third kappa shape index (κ3) is 2.65. The van der Waals surface area contributed by atoms with E-state index in [2.05, 4.69) is 15.1 Å². The Morgan fingerprint density at radius 1 is 1.04 bits per heavy atom. The Balaban J connectivity index is 2.00. The first kappa shape index (κ1) is 15.7. The fourth-order valence-electron chi connectivity index (χ4n) is 2.62. The van der Waals surface area contributed by atoms with Crippen LogP contribution in [0.3, 0.4) is 0 Å². The van der Waals surface area contributed by atoms with Crippen molar-refractivity contribution < 1.29 is 0 Å². The van der Waals surface area contributed by atoms with Gasteiger partial charge < -0.3 is 5.73 Å². The number of pyridine rings is 1. The normalized spacial score (nSPS) is 11.1. The molecule has 1 aromatic carbocycles. The number of hydrogen-bond donors (Lipinski definition) is 2. The van der Waals surface area contributed by atoms with Gasteiger partial charge in [0.15, 0.2) is 5.65 Å². The summed E-state index contributed by atoms with van der Waals surface area (Å²) in [6, 6.07) is 11.9. The summed E-state index contributed by atoms with van der Waals surface area (Å²) in [7, 11) is 0. The quantitative estimate of drug-likeness (QED) is 0.562. The number of nitrogen functional groups attached to an aromatic ring is 1. The lowest BCUT2D eigenvalue weighted by atomic mass is 10.1. The van der Waals surface area contributed by atoms with E-state index in [1.165, 1.54) is 10.6 Å². The summed E-state index contributed by atoms with van der Waals surface area (Å²) >= 11 is 12.0. The van der Waals surface area contributed by atoms with Gasteiger partial charge >= 0.3 is 0 Å². The van der Waals surface area contributed by atoms with Crippen LogP contribution in [0.15, 0.2) is 53.5 Å². The van der Waals surface area contributed by atoms with Crippen LogP contribution in [-0.2, 0) is 0 Å². The van der Waals surface area contributed by atoms with Gasteiger partial charge in [0.05, 0.1) is 27.0 Å². The summed E-state index contributed by atoms with van der Waals surface area (Å²) in [5.74, 6) is 0.314. The van der Waals surface area contributed by atoms with Crippen LogP contribution in [-0.4, -0.2) is 19.6 Å². The zero-order chi connectivity index (χ0) is 17.6. The van der Waals surface area contributed by atoms with Crippen molar-refractivity contribution in [2.45, 2.75) is 0 Å². The molecule has 3 heterocycles. The van der Waals surface area contributed by atoms with E-state index in [1.807, 2.05) is 6.07 Å². The highest BCUT2D eigenvalue weighted by Gasteiger charge is 2.17. The van der Waals surface area contributed by atoms with Gasteiger partial charge in [-0.3, -0.25) is 14.9 Å². The molecule has 0 aliphatic rings. The van der Waals surface area contributed by atoms with Crippen LogP contribution < -0.4 is 11.3 Å². The van der Waals surface area contributed by atoms with Gasteiger partial charge in [0.25, 0.3) is 5.56 Å². The summed E-state index contributed by atoms with van der Waals surface area (Å²) in [4.78, 5) is 21.4. The summed E-state index contributed by atoms with van der Waals surface area (Å²) in [5, 5.41) is 3.65. The second kappa shape index (κ2) is 5.91. The number of nitrogens with zero attached hydrogens (tertiary/aromatic N) is 3. The number of aromatic amines is 1. The number of halogens is 2. The summed E-state index contributed by atoms with van der Waals surface area (Å²) < 4.78 is 1.29. The van der Waals surface area contributed by atoms with Gasteiger partial charge in [0, 0.05) is 17.8 Å². The molecular weight excluding hydrogens is 361 g/mol. The van der Waals surface area contributed by atoms with Gasteiger partial charge in [-0.25, -0.2) is 4.98 Å². The molecule has 3 N–H and O–H groups in total. The number of rotatable bonds is 2. The van der Waals surface area contributed by atoms with Crippen LogP contribution in [0.4, 0.5) is 5.82 Å². The van der Waals surface area contributed by atoms with Gasteiger partial charge in [-0.1, -0.05) is 35.3 Å². The smallest absolute Gasteiger partial charge is 0.273 e. The second-order valence-corrected chi connectivity index (χ2v) is 6.20. The molecule has 0 unspecified atom stereocenters. The number of H-pyrrole nitrogens is 1. The Labute approximate surface area is 151 Å². The molecular formula is C17H11Cl2N5O. The number of benzene rings is 1. The third-order valence-corrected chi connectivity index (χ3v) is 4.52. The molecule has 0 bridgehead atoms. The monoisotopic (exact) mass is 371 g/mol. The Morgan fingerprint density at radius 2 is 1.88 bits per heavy atom. The van der Waals surface area contributed by atoms with Crippen LogP contribution in [0.25, 0.3) is 28.2 Å². The molecule has 0 radical (unpaired) electrons. The average Bonchev–Trinajstić information content (AvgIpc) is 2.95. The summed E-state index contributed by atoms with van der Waals surface area (Å²) in [5.41, 5.74) is 8.50. The van der Waals surface area contributed by atoms with Crippen molar-refractivity contribution in [1.29, 1.82) is 0 Å². The highest BCUT2D eigenvalue weighted by molar-refractivity contribution is 6.42. The summed E-state index contributed by atoms with van der Waals surface area (Å²) in [6.07, 6.45) is 1.65. The molecule has 8 heteroatoms. The van der Waals surface area contributed by atoms with Crippen LogP contribution in [0.2, 0.25) is 10.0 Å². The van der Waals surface area contributed by atoms with E-state index in [9.17, 15) is 4.79 Å². The maximum atomic E-state index is 12.5. The van der Waals surface area contributed by atoms with Gasteiger partial charge in [-0.05, 0) is 24.3 Å². The number of fused-ring (bicyclic) bond motifs is 1. The maximum Gasteiger partial charge on any atom is 0.273 e. The van der Waals surface area contributed by atoms with E-state index in [1.54, 1.807) is 36.5 Å². The van der Waals surface area contributed by atoms with E-state index >= 15 is 0 Å². The van der Waals surface area contributed by atoms with Crippen LogP contribution >= 0.6 is 23.2 Å². The van der Waals surface area contributed by atoms with Gasteiger partial charge in [-0.15, -0.1) is 0 Å². The standard InChI is InChI=1S/C17H11Cl2N5O/c18-10-5-4-9(7-11(10)19)13-8-14(25)24-17(22-13)15(16(20)23-24)12-3-1-2-6-21-12/h1-8,23H,20H2. The molecule has 124 valence electrons. The molecule has 4 aromatic rings. The first-order chi connectivity index (χ1) is 12.0. The molecule has 0 amide bonds.